The Labute approximate surface area is 180 Å². The van der Waals surface area contributed by atoms with E-state index in [0.29, 0.717) is 11.4 Å². The Kier molecular flexibility index (Phi) is 5.81. The minimum absolute atomic E-state index is 0.113. The Morgan fingerprint density at radius 3 is 2.40 bits per heavy atom. The third-order valence-corrected chi connectivity index (χ3v) is 5.42. The van der Waals surface area contributed by atoms with Gasteiger partial charge in [0, 0.05) is 24.2 Å². The molecule has 4 rings (SSSR count). The zero-order valence-corrected chi connectivity index (χ0v) is 17.3. The van der Waals surface area contributed by atoms with Gasteiger partial charge in [0.1, 0.15) is 5.82 Å². The monoisotopic (exact) mass is 421 g/mol. The minimum atomic E-state index is -0.302. The maximum Gasteiger partial charge on any atom is 0.262 e. The highest BCUT2D eigenvalue weighted by molar-refractivity contribution is 6.30. The Bertz CT molecular complexity index is 1050. The van der Waals surface area contributed by atoms with Crippen molar-refractivity contribution in [2.24, 2.45) is 5.10 Å². The predicted molar refractivity (Wildman–Crippen MR) is 118 cm³/mol. The Hall–Kier alpha value is -3.18. The van der Waals surface area contributed by atoms with Gasteiger partial charge in [-0.25, -0.2) is 9.40 Å². The van der Waals surface area contributed by atoms with Crippen molar-refractivity contribution in [3.05, 3.63) is 101 Å². The molecule has 1 heterocycles. The summed E-state index contributed by atoms with van der Waals surface area (Å²) in [6.45, 7) is 0.189. The highest BCUT2D eigenvalue weighted by Gasteiger charge is 2.33. The molecule has 0 saturated heterocycles. The molecule has 0 radical (unpaired) electrons. The number of anilines is 1. The molecule has 1 amide bonds. The molecular weight excluding hydrogens is 401 g/mol. The largest absolute Gasteiger partial charge is 0.365 e. The van der Waals surface area contributed by atoms with Crippen LogP contribution in [0, 0.1) is 5.82 Å². The first kappa shape index (κ1) is 20.1. The lowest BCUT2D eigenvalue weighted by Crippen LogP contribution is -2.36. The summed E-state index contributed by atoms with van der Waals surface area (Å²) < 4.78 is 13.3. The van der Waals surface area contributed by atoms with Crippen LogP contribution in [0.25, 0.3) is 0 Å². The fraction of sp³-hybridized carbons (Fsp3) is 0.167. The van der Waals surface area contributed by atoms with E-state index in [9.17, 15) is 9.18 Å². The number of para-hydroxylation sites is 1. The second-order valence-electron chi connectivity index (χ2n) is 7.25. The number of rotatable bonds is 5. The van der Waals surface area contributed by atoms with Crippen LogP contribution in [0.15, 0.2) is 84.0 Å². The number of benzene rings is 3. The van der Waals surface area contributed by atoms with Gasteiger partial charge in [0.25, 0.3) is 5.91 Å². The van der Waals surface area contributed by atoms with Gasteiger partial charge in [-0.05, 0) is 47.5 Å². The first-order valence-electron chi connectivity index (χ1n) is 9.68. The van der Waals surface area contributed by atoms with Gasteiger partial charge in [0.05, 0.1) is 18.3 Å². The van der Waals surface area contributed by atoms with E-state index in [1.54, 1.807) is 17.1 Å². The summed E-state index contributed by atoms with van der Waals surface area (Å²) in [5.74, 6) is -0.414. The quantitative estimate of drug-likeness (QED) is 0.561. The molecule has 0 saturated carbocycles. The number of halogens is 2. The standard InChI is InChI=1S/C24H21ClFN3O/c1-28(21-5-3-2-4-6-21)16-24(30)29-23(18-7-11-19(25)12-8-18)15-22(27-29)17-9-13-20(26)14-10-17/h2-14,23H,15-16H2,1H3/t23-/m1/s1. The summed E-state index contributed by atoms with van der Waals surface area (Å²) in [7, 11) is 1.88. The Balaban J connectivity index is 1.61. The molecule has 1 atom stereocenters. The topological polar surface area (TPSA) is 35.9 Å². The second kappa shape index (κ2) is 8.67. The molecule has 6 heteroatoms. The molecule has 0 fully saturated rings. The SMILES string of the molecule is CN(CC(=O)N1N=C(c2ccc(F)cc2)C[C@@H]1c1ccc(Cl)cc1)c1ccccc1. The van der Waals surface area contributed by atoms with E-state index < -0.39 is 0 Å². The van der Waals surface area contributed by atoms with E-state index >= 15 is 0 Å². The second-order valence-corrected chi connectivity index (χ2v) is 7.69. The number of hydrazone groups is 1. The van der Waals surface area contributed by atoms with Crippen LogP contribution in [0.5, 0.6) is 0 Å². The van der Waals surface area contributed by atoms with E-state index in [1.165, 1.54) is 12.1 Å². The van der Waals surface area contributed by atoms with Crippen LogP contribution in [-0.2, 0) is 4.79 Å². The van der Waals surface area contributed by atoms with Crippen LogP contribution in [0.4, 0.5) is 10.1 Å². The molecule has 152 valence electrons. The van der Waals surface area contributed by atoms with Crippen LogP contribution >= 0.6 is 11.6 Å². The van der Waals surface area contributed by atoms with Gasteiger partial charge < -0.3 is 4.90 Å². The van der Waals surface area contributed by atoms with Crippen molar-refractivity contribution < 1.29 is 9.18 Å². The van der Waals surface area contributed by atoms with E-state index in [2.05, 4.69) is 5.10 Å². The van der Waals surface area contributed by atoms with Crippen molar-refractivity contribution in [2.45, 2.75) is 12.5 Å². The first-order chi connectivity index (χ1) is 14.5. The summed E-state index contributed by atoms with van der Waals surface area (Å²) >= 11 is 6.04. The zero-order chi connectivity index (χ0) is 21.1. The molecule has 3 aromatic rings. The third kappa shape index (κ3) is 4.36. The molecule has 0 aromatic heterocycles. The van der Waals surface area contributed by atoms with Crippen molar-refractivity contribution in [3.63, 3.8) is 0 Å². The van der Waals surface area contributed by atoms with Gasteiger partial charge in [-0.2, -0.15) is 5.10 Å². The summed E-state index contributed by atoms with van der Waals surface area (Å²) in [6, 6.07) is 23.1. The molecule has 1 aliphatic rings. The predicted octanol–water partition coefficient (Wildman–Crippen LogP) is 5.29. The maximum atomic E-state index is 13.3. The molecule has 1 aliphatic heterocycles. The third-order valence-electron chi connectivity index (χ3n) is 5.17. The van der Waals surface area contributed by atoms with Crippen LogP contribution in [0.2, 0.25) is 5.02 Å². The number of amides is 1. The number of likely N-dealkylation sites (N-methyl/N-ethyl adjacent to an activating group) is 1. The average Bonchev–Trinajstić information content (AvgIpc) is 3.21. The fourth-order valence-corrected chi connectivity index (χ4v) is 3.68. The molecule has 0 aliphatic carbocycles. The van der Waals surface area contributed by atoms with Crippen LogP contribution in [-0.4, -0.2) is 30.2 Å². The lowest BCUT2D eigenvalue weighted by molar-refractivity contribution is -0.131. The number of carbonyl (C=O) groups excluding carboxylic acids is 1. The number of carbonyl (C=O) groups is 1. The first-order valence-corrected chi connectivity index (χ1v) is 10.1. The lowest BCUT2D eigenvalue weighted by atomic mass is 9.98. The molecule has 3 aromatic carbocycles. The van der Waals surface area contributed by atoms with Crippen molar-refractivity contribution in [1.29, 1.82) is 0 Å². The molecule has 0 spiro atoms. The summed E-state index contributed by atoms with van der Waals surface area (Å²) in [6.07, 6.45) is 0.550. The number of nitrogens with zero attached hydrogens (tertiary/aromatic N) is 3. The maximum absolute atomic E-state index is 13.3. The minimum Gasteiger partial charge on any atom is -0.365 e. The van der Waals surface area contributed by atoms with Crippen molar-refractivity contribution >= 4 is 28.9 Å². The van der Waals surface area contributed by atoms with Gasteiger partial charge >= 0.3 is 0 Å². The Morgan fingerprint density at radius 1 is 1.07 bits per heavy atom. The van der Waals surface area contributed by atoms with E-state index in [4.69, 9.17) is 11.6 Å². The summed E-state index contributed by atoms with van der Waals surface area (Å²) in [5, 5.41) is 6.81. The smallest absolute Gasteiger partial charge is 0.262 e. The van der Waals surface area contributed by atoms with Gasteiger partial charge in [-0.1, -0.05) is 54.1 Å². The van der Waals surface area contributed by atoms with E-state index in [0.717, 1.165) is 22.5 Å². The van der Waals surface area contributed by atoms with Crippen molar-refractivity contribution in [3.8, 4) is 0 Å². The molecular formula is C24H21ClFN3O. The zero-order valence-electron chi connectivity index (χ0n) is 16.5. The highest BCUT2D eigenvalue weighted by atomic mass is 35.5. The van der Waals surface area contributed by atoms with Gasteiger partial charge in [0.15, 0.2) is 0 Å². The summed E-state index contributed by atoms with van der Waals surface area (Å²) in [4.78, 5) is 15.1. The highest BCUT2D eigenvalue weighted by Crippen LogP contribution is 2.33. The molecule has 0 bridgehead atoms. The fourth-order valence-electron chi connectivity index (χ4n) is 3.55. The van der Waals surface area contributed by atoms with Gasteiger partial charge in [-0.15, -0.1) is 0 Å². The lowest BCUT2D eigenvalue weighted by Gasteiger charge is -2.25. The normalized spacial score (nSPS) is 15.8. The van der Waals surface area contributed by atoms with Crippen molar-refractivity contribution in [2.75, 3.05) is 18.5 Å². The summed E-state index contributed by atoms with van der Waals surface area (Å²) in [5.41, 5.74) is 3.47. The van der Waals surface area contributed by atoms with Gasteiger partial charge in [0.2, 0.25) is 0 Å². The number of hydrogen-bond acceptors (Lipinski definition) is 3. The molecule has 0 N–H and O–H groups in total. The van der Waals surface area contributed by atoms with Crippen LogP contribution in [0.3, 0.4) is 0 Å². The van der Waals surface area contributed by atoms with Crippen molar-refractivity contribution in [1.82, 2.24) is 5.01 Å². The number of hydrogen-bond donors (Lipinski definition) is 0. The molecule has 0 unspecified atom stereocenters. The van der Waals surface area contributed by atoms with Crippen LogP contribution in [0.1, 0.15) is 23.6 Å². The van der Waals surface area contributed by atoms with Crippen LogP contribution < -0.4 is 4.90 Å². The average molecular weight is 422 g/mol. The van der Waals surface area contributed by atoms with E-state index in [1.807, 2.05) is 66.5 Å². The van der Waals surface area contributed by atoms with Gasteiger partial charge in [-0.3, -0.25) is 4.79 Å². The molecule has 30 heavy (non-hydrogen) atoms. The Morgan fingerprint density at radius 2 is 1.73 bits per heavy atom. The molecule has 4 nitrogen and oxygen atoms in total. The van der Waals surface area contributed by atoms with E-state index in [-0.39, 0.29) is 24.3 Å².